The lowest BCUT2D eigenvalue weighted by Gasteiger charge is -2.36. The number of carbonyl (C=O) groups is 1. The molecule has 6 nitrogen and oxygen atoms in total. The predicted molar refractivity (Wildman–Crippen MR) is 94.9 cm³/mol. The van der Waals surface area contributed by atoms with Crippen molar-refractivity contribution in [2.75, 3.05) is 6.54 Å². The maximum atomic E-state index is 12.6. The Morgan fingerprint density at radius 3 is 2.64 bits per heavy atom. The summed E-state index contributed by atoms with van der Waals surface area (Å²) in [5, 5.41) is 4.03. The van der Waals surface area contributed by atoms with Gasteiger partial charge in [0.15, 0.2) is 5.82 Å². The number of carbonyl (C=O) groups excluding carboxylic acids is 1. The highest BCUT2D eigenvalue weighted by atomic mass is 16.5. The van der Waals surface area contributed by atoms with E-state index in [9.17, 15) is 4.79 Å². The summed E-state index contributed by atoms with van der Waals surface area (Å²) in [5.41, 5.74) is 3.45. The van der Waals surface area contributed by atoms with Crippen molar-refractivity contribution in [3.8, 4) is 11.3 Å². The van der Waals surface area contributed by atoms with Crippen LogP contribution >= 0.6 is 0 Å². The third kappa shape index (κ3) is 3.43. The van der Waals surface area contributed by atoms with Gasteiger partial charge in [0.2, 0.25) is 5.91 Å². The third-order valence-electron chi connectivity index (χ3n) is 4.74. The summed E-state index contributed by atoms with van der Waals surface area (Å²) in [6.45, 7) is 10.4. The first kappa shape index (κ1) is 17.6. The van der Waals surface area contributed by atoms with E-state index in [2.05, 4.69) is 10.1 Å². The van der Waals surface area contributed by atoms with E-state index in [-0.39, 0.29) is 17.9 Å². The van der Waals surface area contributed by atoms with Gasteiger partial charge in [-0.05, 0) is 46.1 Å². The minimum Gasteiger partial charge on any atom is -0.361 e. The van der Waals surface area contributed by atoms with Gasteiger partial charge in [-0.2, -0.15) is 0 Å². The third-order valence-corrected chi connectivity index (χ3v) is 4.74. The maximum Gasteiger partial charge on any atom is 0.225 e. The van der Waals surface area contributed by atoms with Gasteiger partial charge in [0.1, 0.15) is 5.76 Å². The van der Waals surface area contributed by atoms with Gasteiger partial charge in [-0.15, -0.1) is 0 Å². The van der Waals surface area contributed by atoms with Crippen LogP contribution in [0.4, 0.5) is 0 Å². The number of nitrogens with zero attached hydrogens (tertiary/aromatic N) is 4. The zero-order chi connectivity index (χ0) is 18.1. The van der Waals surface area contributed by atoms with E-state index in [0.29, 0.717) is 0 Å². The molecule has 3 rings (SSSR count). The molecule has 0 aliphatic carbocycles. The smallest absolute Gasteiger partial charge is 0.225 e. The molecule has 6 heteroatoms. The van der Waals surface area contributed by atoms with Crippen molar-refractivity contribution in [2.24, 2.45) is 5.92 Å². The van der Waals surface area contributed by atoms with E-state index in [0.717, 1.165) is 60.0 Å². The summed E-state index contributed by atoms with van der Waals surface area (Å²) in [5.74, 6) is 1.63. The summed E-state index contributed by atoms with van der Waals surface area (Å²) in [6, 6.07) is 1.90. The predicted octanol–water partition coefficient (Wildman–Crippen LogP) is 3.77. The summed E-state index contributed by atoms with van der Waals surface area (Å²) in [6.07, 6.45) is 3.03. The first-order chi connectivity index (χ1) is 11.9. The fourth-order valence-corrected chi connectivity index (χ4v) is 3.51. The quantitative estimate of drug-likeness (QED) is 0.849. The summed E-state index contributed by atoms with van der Waals surface area (Å²) >= 11 is 0. The number of hydrogen-bond donors (Lipinski definition) is 0. The average Bonchev–Trinajstić information content (AvgIpc) is 2.92. The van der Waals surface area contributed by atoms with Crippen molar-refractivity contribution in [1.82, 2.24) is 20.0 Å². The van der Waals surface area contributed by atoms with E-state index < -0.39 is 0 Å². The van der Waals surface area contributed by atoms with Gasteiger partial charge in [0.05, 0.1) is 23.0 Å². The van der Waals surface area contributed by atoms with Gasteiger partial charge in [-0.25, -0.2) is 9.97 Å². The van der Waals surface area contributed by atoms with Crippen LogP contribution in [0, 0.1) is 26.7 Å². The molecule has 1 aliphatic rings. The molecule has 3 heterocycles. The number of hydrogen-bond acceptors (Lipinski definition) is 5. The van der Waals surface area contributed by atoms with Gasteiger partial charge in [-0.3, -0.25) is 4.79 Å². The Balaban J connectivity index is 2.03. The second-order valence-electron chi connectivity index (χ2n) is 7.15. The number of aromatic nitrogens is 3. The van der Waals surface area contributed by atoms with Crippen molar-refractivity contribution in [1.29, 1.82) is 0 Å². The van der Waals surface area contributed by atoms with Crippen LogP contribution in [0.5, 0.6) is 0 Å². The van der Waals surface area contributed by atoms with Gasteiger partial charge in [0.25, 0.3) is 0 Å². The topological polar surface area (TPSA) is 72.1 Å². The zero-order valence-electron chi connectivity index (χ0n) is 15.7. The van der Waals surface area contributed by atoms with E-state index in [1.54, 1.807) is 0 Å². The first-order valence-corrected chi connectivity index (χ1v) is 8.97. The molecule has 25 heavy (non-hydrogen) atoms. The summed E-state index contributed by atoms with van der Waals surface area (Å²) < 4.78 is 5.29. The monoisotopic (exact) mass is 342 g/mol. The molecule has 0 bridgehead atoms. The highest BCUT2D eigenvalue weighted by Crippen LogP contribution is 2.32. The molecule has 1 fully saturated rings. The largest absolute Gasteiger partial charge is 0.361 e. The summed E-state index contributed by atoms with van der Waals surface area (Å²) in [7, 11) is 0. The maximum absolute atomic E-state index is 12.6. The second-order valence-corrected chi connectivity index (χ2v) is 7.15. The molecular formula is C19H26N4O2. The summed E-state index contributed by atoms with van der Waals surface area (Å²) in [4.78, 5) is 24.1. The minimum absolute atomic E-state index is 0.0209. The Labute approximate surface area is 148 Å². The van der Waals surface area contributed by atoms with Crippen LogP contribution in [0.1, 0.15) is 62.1 Å². The first-order valence-electron chi connectivity index (χ1n) is 8.97. The molecule has 0 radical (unpaired) electrons. The molecule has 0 aromatic carbocycles. The van der Waals surface area contributed by atoms with E-state index in [4.69, 9.17) is 9.51 Å². The second kappa shape index (κ2) is 6.94. The SMILES string of the molecule is Cc1cc(-c2c(C)noc2C)nc([C@@H]2CCCCN2C(=O)C(C)C)n1. The number of rotatable bonds is 3. The van der Waals surface area contributed by atoms with Crippen LogP contribution in [0.25, 0.3) is 11.3 Å². The Morgan fingerprint density at radius 1 is 1.24 bits per heavy atom. The standard InChI is InChI=1S/C19H26N4O2/c1-11(2)19(24)23-9-7-6-8-16(23)18-20-12(3)10-15(21-18)17-13(4)22-25-14(17)5/h10-11,16H,6-9H2,1-5H3/t16-/m0/s1. The van der Waals surface area contributed by atoms with Gasteiger partial charge in [-0.1, -0.05) is 19.0 Å². The zero-order valence-corrected chi connectivity index (χ0v) is 15.7. The van der Waals surface area contributed by atoms with E-state index in [1.807, 2.05) is 45.6 Å². The molecule has 1 saturated heterocycles. The molecule has 2 aromatic rings. The molecule has 0 saturated carbocycles. The molecule has 0 spiro atoms. The van der Waals surface area contributed by atoms with Crippen LogP contribution in [0.2, 0.25) is 0 Å². The van der Waals surface area contributed by atoms with Gasteiger partial charge < -0.3 is 9.42 Å². The Kier molecular flexibility index (Phi) is 4.88. The van der Waals surface area contributed by atoms with Crippen LogP contribution in [0.3, 0.4) is 0 Å². The highest BCUT2D eigenvalue weighted by Gasteiger charge is 2.31. The molecule has 0 unspecified atom stereocenters. The average molecular weight is 342 g/mol. The number of amides is 1. The normalized spacial score (nSPS) is 18.0. The number of aryl methyl sites for hydroxylation is 3. The van der Waals surface area contributed by atoms with E-state index in [1.165, 1.54) is 0 Å². The van der Waals surface area contributed by atoms with Crippen molar-refractivity contribution in [2.45, 2.75) is 59.9 Å². The fraction of sp³-hybridized carbons (Fsp3) is 0.579. The molecule has 1 amide bonds. The lowest BCUT2D eigenvalue weighted by Crippen LogP contribution is -2.41. The molecule has 0 N–H and O–H groups in total. The molecular weight excluding hydrogens is 316 g/mol. The molecule has 1 atom stereocenters. The number of piperidine rings is 1. The Hall–Kier alpha value is -2.24. The van der Waals surface area contributed by atoms with Crippen molar-refractivity contribution in [3.05, 3.63) is 29.0 Å². The van der Waals surface area contributed by atoms with Crippen molar-refractivity contribution >= 4 is 5.91 Å². The molecule has 134 valence electrons. The Morgan fingerprint density at radius 2 is 2.00 bits per heavy atom. The van der Waals surface area contributed by atoms with Crippen LogP contribution in [-0.4, -0.2) is 32.5 Å². The van der Waals surface area contributed by atoms with Crippen LogP contribution < -0.4 is 0 Å². The minimum atomic E-state index is -0.0530. The van der Waals surface area contributed by atoms with Crippen LogP contribution in [-0.2, 0) is 4.79 Å². The Bertz CT molecular complexity index is 762. The van der Waals surface area contributed by atoms with Gasteiger partial charge in [0, 0.05) is 18.2 Å². The molecule has 1 aliphatic heterocycles. The van der Waals surface area contributed by atoms with Gasteiger partial charge >= 0.3 is 0 Å². The fourth-order valence-electron chi connectivity index (χ4n) is 3.51. The lowest BCUT2D eigenvalue weighted by molar-refractivity contribution is -0.138. The van der Waals surface area contributed by atoms with E-state index >= 15 is 0 Å². The number of likely N-dealkylation sites (tertiary alicyclic amines) is 1. The lowest BCUT2D eigenvalue weighted by atomic mass is 9.99. The molecule has 2 aromatic heterocycles. The van der Waals surface area contributed by atoms with Crippen molar-refractivity contribution < 1.29 is 9.32 Å². The van der Waals surface area contributed by atoms with Crippen molar-refractivity contribution in [3.63, 3.8) is 0 Å². The van der Waals surface area contributed by atoms with Crippen LogP contribution in [0.15, 0.2) is 10.6 Å². The highest BCUT2D eigenvalue weighted by molar-refractivity contribution is 5.78.